The highest BCUT2D eigenvalue weighted by molar-refractivity contribution is 9.10. The largest absolute Gasteiger partial charge is 0.384 e. The van der Waals surface area contributed by atoms with Gasteiger partial charge in [-0.2, -0.15) is 5.10 Å². The van der Waals surface area contributed by atoms with Gasteiger partial charge in [-0.1, -0.05) is 28.1 Å². The van der Waals surface area contributed by atoms with Gasteiger partial charge in [0.05, 0.1) is 5.69 Å². The number of hydrogen-bond donors (Lipinski definition) is 1. The Morgan fingerprint density at radius 3 is 2.49 bits per heavy atom. The van der Waals surface area contributed by atoms with Crippen LogP contribution in [0.25, 0.3) is 16.9 Å². The Balaban J connectivity index is 1.42. The van der Waals surface area contributed by atoms with E-state index in [1.165, 1.54) is 12.1 Å². The fourth-order valence-corrected chi connectivity index (χ4v) is 4.67. The molecule has 5 rings (SSSR count). The number of hydrogen-bond acceptors (Lipinski definition) is 4. The van der Waals surface area contributed by atoms with E-state index in [4.69, 9.17) is 21.4 Å². The molecule has 1 aliphatic rings. The summed E-state index contributed by atoms with van der Waals surface area (Å²) in [6.07, 6.45) is 1.96. The number of rotatable bonds is 9. The molecular weight excluding hydrogens is 559 g/mol. The van der Waals surface area contributed by atoms with Crippen molar-refractivity contribution in [2.75, 3.05) is 30.9 Å². The number of ether oxygens (including phenoxy) is 1. The summed E-state index contributed by atoms with van der Waals surface area (Å²) in [6, 6.07) is 22.1. The van der Waals surface area contributed by atoms with Crippen LogP contribution in [0.5, 0.6) is 0 Å². The molecule has 0 bridgehead atoms. The van der Waals surface area contributed by atoms with Crippen molar-refractivity contribution < 1.29 is 13.9 Å². The quantitative estimate of drug-likeness (QED) is 0.239. The van der Waals surface area contributed by atoms with E-state index in [0.29, 0.717) is 31.1 Å². The Morgan fingerprint density at radius 1 is 1.05 bits per heavy atom. The van der Waals surface area contributed by atoms with Crippen LogP contribution < -0.4 is 5.32 Å². The van der Waals surface area contributed by atoms with Gasteiger partial charge in [-0.25, -0.2) is 9.07 Å². The van der Waals surface area contributed by atoms with E-state index in [-0.39, 0.29) is 18.3 Å². The smallest absolute Gasteiger partial charge is 0.250 e. The lowest BCUT2D eigenvalue weighted by atomic mass is 10.1. The molecule has 0 radical (unpaired) electrons. The molecule has 4 aromatic rings. The molecule has 1 atom stereocenters. The van der Waals surface area contributed by atoms with E-state index in [1.54, 1.807) is 21.7 Å². The number of aromatic nitrogens is 2. The van der Waals surface area contributed by atoms with Crippen molar-refractivity contribution in [1.29, 1.82) is 0 Å². The van der Waals surface area contributed by atoms with Crippen LogP contribution in [0, 0.1) is 5.82 Å². The molecule has 0 spiro atoms. The van der Waals surface area contributed by atoms with E-state index in [2.05, 4.69) is 21.2 Å². The first-order chi connectivity index (χ1) is 18.0. The van der Waals surface area contributed by atoms with Crippen molar-refractivity contribution in [3.05, 3.63) is 100 Å². The first-order valence-corrected chi connectivity index (χ1v) is 13.3. The highest BCUT2D eigenvalue weighted by atomic mass is 79.9. The summed E-state index contributed by atoms with van der Waals surface area (Å²) in [5, 5.41) is 8.06. The number of nitrogens with one attached hydrogen (secondary N) is 1. The van der Waals surface area contributed by atoms with Crippen LogP contribution in [0.2, 0.25) is 0 Å². The molecule has 2 heterocycles. The van der Waals surface area contributed by atoms with Crippen LogP contribution in [0.15, 0.2) is 83.5 Å². The molecule has 1 amide bonds. The lowest BCUT2D eigenvalue weighted by molar-refractivity contribution is -0.128. The third-order valence-corrected chi connectivity index (χ3v) is 6.92. The van der Waals surface area contributed by atoms with E-state index in [9.17, 15) is 9.18 Å². The normalized spacial score (nSPS) is 15.4. The zero-order valence-corrected chi connectivity index (χ0v) is 22.3. The van der Waals surface area contributed by atoms with Gasteiger partial charge in [-0.05, 0) is 72.6 Å². The molecular formula is C28H25BrClFN4O2. The van der Waals surface area contributed by atoms with Crippen LogP contribution in [0.3, 0.4) is 0 Å². The van der Waals surface area contributed by atoms with E-state index in [0.717, 1.165) is 32.5 Å². The lowest BCUT2D eigenvalue weighted by Gasteiger charge is -2.23. The number of carbonyl (C=O) groups excluding carboxylic acids is 1. The summed E-state index contributed by atoms with van der Waals surface area (Å²) in [6.45, 7) is 1.19. The molecule has 9 heteroatoms. The van der Waals surface area contributed by atoms with E-state index in [1.807, 2.05) is 54.7 Å². The van der Waals surface area contributed by atoms with Crippen molar-refractivity contribution in [2.45, 2.75) is 12.6 Å². The highest BCUT2D eigenvalue weighted by Crippen LogP contribution is 2.35. The fourth-order valence-electron chi connectivity index (χ4n) is 4.31. The van der Waals surface area contributed by atoms with Crippen molar-refractivity contribution in [3.63, 3.8) is 0 Å². The molecule has 0 aliphatic carbocycles. The summed E-state index contributed by atoms with van der Waals surface area (Å²) < 4.78 is 22.4. The zero-order chi connectivity index (χ0) is 25.8. The number of anilines is 1. The van der Waals surface area contributed by atoms with Gasteiger partial charge in [0.25, 0.3) is 5.91 Å². The van der Waals surface area contributed by atoms with E-state index < -0.39 is 6.23 Å². The maximum absolute atomic E-state index is 13.7. The zero-order valence-electron chi connectivity index (χ0n) is 19.9. The van der Waals surface area contributed by atoms with Gasteiger partial charge in [0, 0.05) is 46.5 Å². The van der Waals surface area contributed by atoms with Crippen LogP contribution in [-0.4, -0.2) is 46.2 Å². The number of benzene rings is 3. The summed E-state index contributed by atoms with van der Waals surface area (Å²) >= 11 is 9.21. The molecule has 37 heavy (non-hydrogen) atoms. The molecule has 1 unspecified atom stereocenters. The second-order valence-electron chi connectivity index (χ2n) is 8.67. The average molecular weight is 584 g/mol. The second-order valence-corrected chi connectivity index (χ2v) is 9.97. The SMILES string of the molecule is O=C1COC(c2cn(-c3ccc(Br)cc3)nc2-c2ccc(F)cc2)N1CCc1ccc(NCCCl)cc1. The van der Waals surface area contributed by atoms with Crippen molar-refractivity contribution in [2.24, 2.45) is 0 Å². The molecule has 6 nitrogen and oxygen atoms in total. The predicted molar refractivity (Wildman–Crippen MR) is 146 cm³/mol. The van der Waals surface area contributed by atoms with Crippen LogP contribution in [0.4, 0.5) is 10.1 Å². The van der Waals surface area contributed by atoms with Gasteiger partial charge < -0.3 is 15.0 Å². The predicted octanol–water partition coefficient (Wildman–Crippen LogP) is 6.19. The Bertz CT molecular complexity index is 1360. The second kappa shape index (κ2) is 11.5. The molecule has 190 valence electrons. The van der Waals surface area contributed by atoms with Crippen LogP contribution in [0.1, 0.15) is 17.4 Å². The Morgan fingerprint density at radius 2 is 1.78 bits per heavy atom. The molecule has 1 aliphatic heterocycles. The Labute approximate surface area is 228 Å². The third kappa shape index (κ3) is 5.87. The maximum Gasteiger partial charge on any atom is 0.250 e. The summed E-state index contributed by atoms with van der Waals surface area (Å²) in [5.74, 6) is 0.140. The van der Waals surface area contributed by atoms with Crippen molar-refractivity contribution in [1.82, 2.24) is 14.7 Å². The first-order valence-electron chi connectivity index (χ1n) is 11.9. The van der Waals surface area contributed by atoms with Gasteiger partial charge in [0.2, 0.25) is 0 Å². The number of nitrogens with zero attached hydrogens (tertiary/aromatic N) is 3. The summed E-state index contributed by atoms with van der Waals surface area (Å²) in [4.78, 5) is 14.6. The third-order valence-electron chi connectivity index (χ3n) is 6.20. The highest BCUT2D eigenvalue weighted by Gasteiger charge is 2.36. The fraction of sp³-hybridized carbons (Fsp3) is 0.214. The number of halogens is 3. The van der Waals surface area contributed by atoms with Gasteiger partial charge in [-0.15, -0.1) is 11.6 Å². The molecule has 1 N–H and O–H groups in total. The first kappa shape index (κ1) is 25.4. The maximum atomic E-state index is 13.7. The van der Waals surface area contributed by atoms with Gasteiger partial charge in [0.1, 0.15) is 18.1 Å². The lowest BCUT2D eigenvalue weighted by Crippen LogP contribution is -2.30. The summed E-state index contributed by atoms with van der Waals surface area (Å²) in [5.41, 5.74) is 5.11. The molecule has 3 aromatic carbocycles. The van der Waals surface area contributed by atoms with Crippen LogP contribution >= 0.6 is 27.5 Å². The number of alkyl halides is 1. The Kier molecular flexibility index (Phi) is 7.88. The van der Waals surface area contributed by atoms with Crippen molar-refractivity contribution >= 4 is 39.1 Å². The molecule has 1 fully saturated rings. The number of carbonyl (C=O) groups is 1. The molecule has 0 saturated carbocycles. The monoisotopic (exact) mass is 582 g/mol. The molecule has 1 aromatic heterocycles. The topological polar surface area (TPSA) is 59.4 Å². The Hall–Kier alpha value is -3.20. The van der Waals surface area contributed by atoms with Gasteiger partial charge in [-0.3, -0.25) is 4.79 Å². The van der Waals surface area contributed by atoms with Crippen LogP contribution in [-0.2, 0) is 16.0 Å². The van der Waals surface area contributed by atoms with E-state index >= 15 is 0 Å². The minimum Gasteiger partial charge on any atom is -0.384 e. The van der Waals surface area contributed by atoms with Crippen molar-refractivity contribution in [3.8, 4) is 16.9 Å². The summed E-state index contributed by atoms with van der Waals surface area (Å²) in [7, 11) is 0. The number of amides is 1. The standard InChI is InChI=1S/C28H25BrClFN4O2/c29-21-5-11-24(12-6-21)35-17-25(27(33-35)20-3-7-22(31)8-4-20)28-34(26(36)18-37-28)16-13-19-1-9-23(10-2-19)32-15-14-30/h1-12,17,28,32H,13-16,18H2. The average Bonchev–Trinajstić information content (AvgIpc) is 3.51. The molecule has 1 saturated heterocycles. The minimum atomic E-state index is -0.596. The van der Waals surface area contributed by atoms with Gasteiger partial charge >= 0.3 is 0 Å². The minimum absolute atomic E-state index is 0.00171. The van der Waals surface area contributed by atoms with Gasteiger partial charge in [0.15, 0.2) is 6.23 Å².